The lowest BCUT2D eigenvalue weighted by Gasteiger charge is -2.20. The van der Waals surface area contributed by atoms with Crippen LogP contribution in [0, 0.1) is 0 Å². The number of anilines is 1. The molecule has 2 atom stereocenters. The predicted octanol–water partition coefficient (Wildman–Crippen LogP) is 3.55. The standard InChI is InChI=1S/C27H28N4O2/c1-3-30(4-2)23-17-15-20(16-18-23)19-31-25(21-11-7-5-8-12-21)24(27(33)29-31)28-26(32)22-13-9-6-10-14-22/h5-19,24-25H,3-4H2,1-2H3,(H-,28,29,32,33)/p+1/t24-,25-/m1/s1. The van der Waals surface area contributed by atoms with Crippen LogP contribution in [-0.4, -0.2) is 41.8 Å². The first-order valence-corrected chi connectivity index (χ1v) is 11.3. The van der Waals surface area contributed by atoms with Gasteiger partial charge >= 0.3 is 5.91 Å². The lowest BCUT2D eigenvalue weighted by atomic mass is 10.00. The van der Waals surface area contributed by atoms with Crippen molar-refractivity contribution in [2.24, 2.45) is 0 Å². The highest BCUT2D eigenvalue weighted by molar-refractivity contribution is 5.98. The largest absolute Gasteiger partial charge is 0.372 e. The first kappa shape index (κ1) is 22.3. The lowest BCUT2D eigenvalue weighted by Crippen LogP contribution is -2.42. The third kappa shape index (κ3) is 4.95. The molecule has 6 nitrogen and oxygen atoms in total. The Balaban J connectivity index is 1.65. The molecule has 168 valence electrons. The molecule has 6 heteroatoms. The molecule has 2 N–H and O–H groups in total. The molecule has 2 amide bonds. The van der Waals surface area contributed by atoms with Crippen LogP contribution in [0.5, 0.6) is 0 Å². The Morgan fingerprint density at radius 2 is 1.55 bits per heavy atom. The predicted molar refractivity (Wildman–Crippen MR) is 130 cm³/mol. The van der Waals surface area contributed by atoms with E-state index >= 15 is 0 Å². The summed E-state index contributed by atoms with van der Waals surface area (Å²) in [6.45, 7) is 6.16. The Bertz CT molecular complexity index is 1120. The maximum absolute atomic E-state index is 13.0. The summed E-state index contributed by atoms with van der Waals surface area (Å²) in [5.74, 6) is -0.522. The van der Waals surface area contributed by atoms with Crippen LogP contribution < -0.4 is 15.6 Å². The van der Waals surface area contributed by atoms with Gasteiger partial charge in [0.15, 0.2) is 6.04 Å². The van der Waals surface area contributed by atoms with Crippen LogP contribution in [0.15, 0.2) is 84.9 Å². The molecule has 0 bridgehead atoms. The first-order chi connectivity index (χ1) is 16.1. The van der Waals surface area contributed by atoms with Crippen molar-refractivity contribution in [3.63, 3.8) is 0 Å². The molecular weight excluding hydrogens is 412 g/mol. The molecule has 0 saturated carbocycles. The molecule has 1 aliphatic rings. The van der Waals surface area contributed by atoms with Gasteiger partial charge in [-0.05, 0) is 50.2 Å². The number of carbonyl (C=O) groups is 2. The average molecular weight is 442 g/mol. The lowest BCUT2D eigenvalue weighted by molar-refractivity contribution is -0.596. The van der Waals surface area contributed by atoms with Crippen molar-refractivity contribution >= 4 is 23.7 Å². The van der Waals surface area contributed by atoms with E-state index in [0.29, 0.717) is 5.56 Å². The van der Waals surface area contributed by atoms with Crippen LogP contribution in [0.1, 0.15) is 41.4 Å². The van der Waals surface area contributed by atoms with Crippen molar-refractivity contribution in [1.82, 2.24) is 10.7 Å². The van der Waals surface area contributed by atoms with Crippen molar-refractivity contribution in [1.29, 1.82) is 0 Å². The Labute approximate surface area is 194 Å². The number of nitrogens with zero attached hydrogens (tertiary/aromatic N) is 2. The summed E-state index contributed by atoms with van der Waals surface area (Å²) < 4.78 is 1.79. The van der Waals surface area contributed by atoms with E-state index in [0.717, 1.165) is 29.9 Å². The highest BCUT2D eigenvalue weighted by Crippen LogP contribution is 2.25. The van der Waals surface area contributed by atoms with Crippen LogP contribution in [0.2, 0.25) is 0 Å². The SMILES string of the molecule is CCN(CC)c1ccc(/C=[N+]2\NC(=O)[C@H](NC(=O)c3ccccc3)[C@H]2c2ccccc2)cc1. The highest BCUT2D eigenvalue weighted by atomic mass is 16.2. The second kappa shape index (κ2) is 10.1. The summed E-state index contributed by atoms with van der Waals surface area (Å²) in [5, 5.41) is 2.93. The number of hydrogen-bond acceptors (Lipinski definition) is 3. The summed E-state index contributed by atoms with van der Waals surface area (Å²) in [6.07, 6.45) is 1.91. The molecule has 4 rings (SSSR count). The summed E-state index contributed by atoms with van der Waals surface area (Å²) in [7, 11) is 0. The van der Waals surface area contributed by atoms with Gasteiger partial charge in [0.25, 0.3) is 5.91 Å². The molecule has 0 aliphatic carbocycles. The molecular formula is C27H29N4O2+. The zero-order valence-electron chi connectivity index (χ0n) is 18.9. The van der Waals surface area contributed by atoms with Gasteiger partial charge in [0.1, 0.15) is 0 Å². The maximum Gasteiger partial charge on any atom is 0.304 e. The van der Waals surface area contributed by atoms with Gasteiger partial charge < -0.3 is 10.2 Å². The fraction of sp³-hybridized carbons (Fsp3) is 0.222. The van der Waals surface area contributed by atoms with Gasteiger partial charge in [-0.1, -0.05) is 48.5 Å². The van der Waals surface area contributed by atoms with E-state index in [1.165, 1.54) is 0 Å². The highest BCUT2D eigenvalue weighted by Gasteiger charge is 2.47. The van der Waals surface area contributed by atoms with Gasteiger partial charge in [-0.2, -0.15) is 0 Å². The Morgan fingerprint density at radius 3 is 2.15 bits per heavy atom. The van der Waals surface area contributed by atoms with E-state index in [1.54, 1.807) is 28.9 Å². The third-order valence-electron chi connectivity index (χ3n) is 5.91. The van der Waals surface area contributed by atoms with E-state index in [-0.39, 0.29) is 17.9 Å². The molecule has 1 heterocycles. The molecule has 1 saturated heterocycles. The number of amides is 2. The topological polar surface area (TPSA) is 64.5 Å². The van der Waals surface area contributed by atoms with Crippen molar-refractivity contribution < 1.29 is 14.3 Å². The molecule has 3 aromatic rings. The van der Waals surface area contributed by atoms with E-state index in [9.17, 15) is 9.59 Å². The number of hydrazone groups is 1. The molecule has 0 aromatic heterocycles. The van der Waals surface area contributed by atoms with Crippen molar-refractivity contribution in [2.75, 3.05) is 18.0 Å². The van der Waals surface area contributed by atoms with Crippen LogP contribution in [0.3, 0.4) is 0 Å². The second-order valence-electron chi connectivity index (χ2n) is 7.95. The average Bonchev–Trinajstić information content (AvgIpc) is 3.16. The molecule has 1 aliphatic heterocycles. The molecule has 1 fully saturated rings. The maximum atomic E-state index is 13.0. The van der Waals surface area contributed by atoms with Gasteiger partial charge in [-0.25, -0.2) is 0 Å². The monoisotopic (exact) mass is 441 g/mol. The fourth-order valence-corrected chi connectivity index (χ4v) is 4.17. The van der Waals surface area contributed by atoms with Gasteiger partial charge in [0.05, 0.1) is 0 Å². The number of nitrogens with one attached hydrogen (secondary N) is 2. The minimum atomic E-state index is -0.730. The van der Waals surface area contributed by atoms with E-state index in [1.807, 2.05) is 54.7 Å². The summed E-state index contributed by atoms with van der Waals surface area (Å²) >= 11 is 0. The molecule has 0 unspecified atom stereocenters. The Hall–Kier alpha value is -3.93. The van der Waals surface area contributed by atoms with Gasteiger partial charge in [0, 0.05) is 35.5 Å². The Morgan fingerprint density at radius 1 is 0.939 bits per heavy atom. The smallest absolute Gasteiger partial charge is 0.304 e. The Kier molecular flexibility index (Phi) is 6.83. The minimum Gasteiger partial charge on any atom is -0.372 e. The van der Waals surface area contributed by atoms with Crippen LogP contribution in [0.25, 0.3) is 0 Å². The number of benzene rings is 3. The van der Waals surface area contributed by atoms with E-state index in [4.69, 9.17) is 0 Å². The summed E-state index contributed by atoms with van der Waals surface area (Å²) in [5.41, 5.74) is 6.51. The van der Waals surface area contributed by atoms with Crippen molar-refractivity contribution in [2.45, 2.75) is 25.9 Å². The van der Waals surface area contributed by atoms with Gasteiger partial charge in [-0.3, -0.25) is 9.59 Å². The molecule has 33 heavy (non-hydrogen) atoms. The number of hydrazine groups is 1. The normalized spacial score (nSPS) is 18.7. The summed E-state index contributed by atoms with van der Waals surface area (Å²) in [4.78, 5) is 28.1. The van der Waals surface area contributed by atoms with Crippen LogP contribution in [0.4, 0.5) is 5.69 Å². The van der Waals surface area contributed by atoms with Crippen molar-refractivity contribution in [3.8, 4) is 0 Å². The molecule has 0 radical (unpaired) electrons. The third-order valence-corrected chi connectivity index (χ3v) is 5.91. The molecule has 3 aromatic carbocycles. The quantitative estimate of drug-likeness (QED) is 0.551. The van der Waals surface area contributed by atoms with E-state index in [2.05, 4.69) is 41.6 Å². The van der Waals surface area contributed by atoms with Crippen LogP contribution >= 0.6 is 0 Å². The fourth-order valence-electron chi connectivity index (χ4n) is 4.17. The van der Waals surface area contributed by atoms with Crippen molar-refractivity contribution in [3.05, 3.63) is 102 Å². The zero-order chi connectivity index (χ0) is 23.2. The number of rotatable bonds is 7. The number of carbonyl (C=O) groups excluding carboxylic acids is 2. The number of hydrogen-bond donors (Lipinski definition) is 2. The van der Waals surface area contributed by atoms with Gasteiger partial charge in [0.2, 0.25) is 12.3 Å². The van der Waals surface area contributed by atoms with Crippen LogP contribution in [-0.2, 0) is 4.79 Å². The van der Waals surface area contributed by atoms with Gasteiger partial charge in [-0.15, -0.1) is 10.1 Å². The van der Waals surface area contributed by atoms with E-state index < -0.39 is 6.04 Å². The summed E-state index contributed by atoms with van der Waals surface area (Å²) in [6, 6.07) is 25.8. The first-order valence-electron chi connectivity index (χ1n) is 11.3. The zero-order valence-corrected chi connectivity index (χ0v) is 18.9. The molecule has 0 spiro atoms. The second-order valence-corrected chi connectivity index (χ2v) is 7.95. The minimum absolute atomic E-state index is 0.246.